The average molecular weight is 298 g/mol. The van der Waals surface area contributed by atoms with E-state index in [1.807, 2.05) is 19.1 Å². The van der Waals surface area contributed by atoms with Crippen LogP contribution in [0.5, 0.6) is 0 Å². The Labute approximate surface area is 122 Å². The van der Waals surface area contributed by atoms with E-state index in [4.69, 9.17) is 23.2 Å². The Bertz CT molecular complexity index is 572. The van der Waals surface area contributed by atoms with Crippen molar-refractivity contribution in [3.05, 3.63) is 63.9 Å². The Kier molecular flexibility index (Phi) is 4.67. The number of nitrogens with one attached hydrogen (secondary N) is 1. The van der Waals surface area contributed by atoms with E-state index in [0.29, 0.717) is 10.0 Å². The van der Waals surface area contributed by atoms with Gasteiger partial charge in [0.15, 0.2) is 0 Å². The Hall–Kier alpha value is -1.25. The highest BCUT2D eigenvalue weighted by Crippen LogP contribution is 2.25. The molecule has 1 nitrogen and oxygen atoms in total. The summed E-state index contributed by atoms with van der Waals surface area (Å²) in [6.07, 6.45) is 0.734. The van der Waals surface area contributed by atoms with E-state index < -0.39 is 0 Å². The van der Waals surface area contributed by atoms with Gasteiger partial charge in [-0.15, -0.1) is 0 Å². The third kappa shape index (κ3) is 4.12. The molecule has 0 radical (unpaired) electrons. The Morgan fingerprint density at radius 1 is 1.11 bits per heavy atom. The van der Waals surface area contributed by atoms with E-state index in [0.717, 1.165) is 17.7 Å². The molecular weight excluding hydrogens is 284 g/mol. The van der Waals surface area contributed by atoms with Gasteiger partial charge >= 0.3 is 0 Å². The van der Waals surface area contributed by atoms with Crippen LogP contribution in [0.2, 0.25) is 10.0 Å². The van der Waals surface area contributed by atoms with E-state index in [2.05, 4.69) is 5.32 Å². The van der Waals surface area contributed by atoms with Crippen molar-refractivity contribution in [2.75, 3.05) is 5.32 Å². The molecule has 2 aromatic carbocycles. The highest BCUT2D eigenvalue weighted by Gasteiger charge is 2.06. The van der Waals surface area contributed by atoms with Gasteiger partial charge in [0, 0.05) is 11.7 Å². The SMILES string of the molecule is CC(Cc1cccc(F)c1)Nc1ccc(Cl)c(Cl)c1. The smallest absolute Gasteiger partial charge is 0.123 e. The molecule has 0 saturated heterocycles. The molecule has 0 aliphatic carbocycles. The molecule has 0 spiro atoms. The van der Waals surface area contributed by atoms with Crippen molar-refractivity contribution in [1.29, 1.82) is 0 Å². The molecular formula is C15H14Cl2FN. The Morgan fingerprint density at radius 2 is 1.89 bits per heavy atom. The molecule has 0 aliphatic heterocycles. The maximum absolute atomic E-state index is 13.1. The van der Waals surface area contributed by atoms with E-state index in [1.54, 1.807) is 24.3 Å². The minimum atomic E-state index is -0.209. The molecule has 1 atom stereocenters. The number of halogens is 3. The van der Waals surface area contributed by atoms with Gasteiger partial charge < -0.3 is 5.32 Å². The second-order valence-corrected chi connectivity index (χ2v) is 5.32. The van der Waals surface area contributed by atoms with Crippen molar-refractivity contribution < 1.29 is 4.39 Å². The first-order valence-corrected chi connectivity index (χ1v) is 6.76. The van der Waals surface area contributed by atoms with Gasteiger partial charge in [-0.3, -0.25) is 0 Å². The summed E-state index contributed by atoms with van der Waals surface area (Å²) in [5.41, 5.74) is 1.86. The molecule has 0 saturated carbocycles. The summed E-state index contributed by atoms with van der Waals surface area (Å²) in [4.78, 5) is 0. The van der Waals surface area contributed by atoms with Gasteiger partial charge in [0.05, 0.1) is 10.0 Å². The van der Waals surface area contributed by atoms with Gasteiger partial charge in [0.25, 0.3) is 0 Å². The van der Waals surface area contributed by atoms with Crippen molar-refractivity contribution in [3.63, 3.8) is 0 Å². The fourth-order valence-electron chi connectivity index (χ4n) is 1.94. The average Bonchev–Trinajstić information content (AvgIpc) is 2.34. The summed E-state index contributed by atoms with van der Waals surface area (Å²) in [5, 5.41) is 4.36. The molecule has 0 fully saturated rings. The summed E-state index contributed by atoms with van der Waals surface area (Å²) < 4.78 is 13.1. The molecule has 0 aromatic heterocycles. The van der Waals surface area contributed by atoms with E-state index in [1.165, 1.54) is 6.07 Å². The van der Waals surface area contributed by atoms with Crippen LogP contribution >= 0.6 is 23.2 Å². The Balaban J connectivity index is 2.01. The van der Waals surface area contributed by atoms with Gasteiger partial charge in [-0.25, -0.2) is 4.39 Å². The predicted molar refractivity (Wildman–Crippen MR) is 79.7 cm³/mol. The first-order valence-electron chi connectivity index (χ1n) is 6.00. The zero-order valence-corrected chi connectivity index (χ0v) is 12.0. The fourth-order valence-corrected chi connectivity index (χ4v) is 2.24. The van der Waals surface area contributed by atoms with Crippen LogP contribution in [0.1, 0.15) is 12.5 Å². The number of anilines is 1. The molecule has 4 heteroatoms. The first kappa shape index (κ1) is 14.2. The van der Waals surface area contributed by atoms with E-state index in [9.17, 15) is 4.39 Å². The maximum atomic E-state index is 13.1. The minimum Gasteiger partial charge on any atom is -0.382 e. The van der Waals surface area contributed by atoms with Crippen LogP contribution in [0.15, 0.2) is 42.5 Å². The summed E-state index contributed by atoms with van der Waals surface area (Å²) in [7, 11) is 0. The van der Waals surface area contributed by atoms with Gasteiger partial charge in [-0.2, -0.15) is 0 Å². The van der Waals surface area contributed by atoms with Crippen LogP contribution in [-0.4, -0.2) is 6.04 Å². The lowest BCUT2D eigenvalue weighted by Crippen LogP contribution is -2.18. The lowest BCUT2D eigenvalue weighted by molar-refractivity contribution is 0.624. The highest BCUT2D eigenvalue weighted by atomic mass is 35.5. The number of rotatable bonds is 4. The quantitative estimate of drug-likeness (QED) is 0.820. The molecule has 19 heavy (non-hydrogen) atoms. The van der Waals surface area contributed by atoms with Crippen molar-refractivity contribution >= 4 is 28.9 Å². The zero-order valence-electron chi connectivity index (χ0n) is 10.5. The van der Waals surface area contributed by atoms with E-state index >= 15 is 0 Å². The van der Waals surface area contributed by atoms with Crippen LogP contribution in [-0.2, 0) is 6.42 Å². The summed E-state index contributed by atoms with van der Waals surface area (Å²) in [6, 6.07) is 12.2. The largest absolute Gasteiger partial charge is 0.382 e. The number of hydrogen-bond donors (Lipinski definition) is 1. The Morgan fingerprint density at radius 3 is 2.58 bits per heavy atom. The van der Waals surface area contributed by atoms with Crippen LogP contribution in [0.25, 0.3) is 0 Å². The van der Waals surface area contributed by atoms with Crippen LogP contribution in [0.3, 0.4) is 0 Å². The second-order valence-electron chi connectivity index (χ2n) is 4.51. The molecule has 1 unspecified atom stereocenters. The molecule has 0 heterocycles. The topological polar surface area (TPSA) is 12.0 Å². The third-order valence-corrected chi connectivity index (χ3v) is 3.50. The van der Waals surface area contributed by atoms with E-state index in [-0.39, 0.29) is 11.9 Å². The van der Waals surface area contributed by atoms with Crippen LogP contribution in [0, 0.1) is 5.82 Å². The van der Waals surface area contributed by atoms with Crippen LogP contribution in [0.4, 0.5) is 10.1 Å². The molecule has 2 rings (SSSR count). The number of benzene rings is 2. The number of hydrogen-bond acceptors (Lipinski definition) is 1. The monoisotopic (exact) mass is 297 g/mol. The van der Waals surface area contributed by atoms with Crippen molar-refractivity contribution in [2.24, 2.45) is 0 Å². The normalized spacial score (nSPS) is 12.2. The lowest BCUT2D eigenvalue weighted by atomic mass is 10.1. The second kappa shape index (κ2) is 6.27. The third-order valence-electron chi connectivity index (χ3n) is 2.76. The summed E-state index contributed by atoms with van der Waals surface area (Å²) in [5.74, 6) is -0.209. The lowest BCUT2D eigenvalue weighted by Gasteiger charge is -2.16. The van der Waals surface area contributed by atoms with Gasteiger partial charge in [-0.1, -0.05) is 35.3 Å². The van der Waals surface area contributed by atoms with Gasteiger partial charge in [0.1, 0.15) is 5.82 Å². The highest BCUT2D eigenvalue weighted by molar-refractivity contribution is 6.42. The summed E-state index contributed by atoms with van der Waals surface area (Å²) in [6.45, 7) is 2.04. The molecule has 0 amide bonds. The van der Waals surface area contributed by atoms with Crippen molar-refractivity contribution in [1.82, 2.24) is 0 Å². The standard InChI is InChI=1S/C15H14Cl2FN/c1-10(7-11-3-2-4-12(18)8-11)19-13-5-6-14(16)15(17)9-13/h2-6,8-10,19H,7H2,1H3. The molecule has 0 aliphatic rings. The zero-order chi connectivity index (χ0) is 13.8. The van der Waals surface area contributed by atoms with Gasteiger partial charge in [0.2, 0.25) is 0 Å². The molecule has 100 valence electrons. The van der Waals surface area contributed by atoms with Crippen molar-refractivity contribution in [3.8, 4) is 0 Å². The predicted octanol–water partition coefficient (Wildman–Crippen LogP) is 5.18. The minimum absolute atomic E-state index is 0.166. The first-order chi connectivity index (χ1) is 9.04. The molecule has 1 N–H and O–H groups in total. The van der Waals surface area contributed by atoms with Crippen LogP contribution < -0.4 is 5.32 Å². The van der Waals surface area contributed by atoms with Gasteiger partial charge in [-0.05, 0) is 49.2 Å². The molecule has 2 aromatic rings. The van der Waals surface area contributed by atoms with Crippen molar-refractivity contribution in [2.45, 2.75) is 19.4 Å². The fraction of sp³-hybridized carbons (Fsp3) is 0.200. The summed E-state index contributed by atoms with van der Waals surface area (Å²) >= 11 is 11.8. The molecule has 0 bridgehead atoms. The maximum Gasteiger partial charge on any atom is 0.123 e.